The van der Waals surface area contributed by atoms with Gasteiger partial charge in [0.15, 0.2) is 23.9 Å². The Bertz CT molecular complexity index is 1080. The van der Waals surface area contributed by atoms with Gasteiger partial charge in [-0.1, -0.05) is 11.6 Å². The smallest absolute Gasteiger partial charge is 0.260 e. The fourth-order valence-corrected chi connectivity index (χ4v) is 3.72. The van der Waals surface area contributed by atoms with E-state index in [0.29, 0.717) is 48.5 Å². The van der Waals surface area contributed by atoms with E-state index in [1.165, 1.54) is 0 Å². The zero-order chi connectivity index (χ0) is 23.2. The van der Waals surface area contributed by atoms with Crippen molar-refractivity contribution in [3.63, 3.8) is 0 Å². The van der Waals surface area contributed by atoms with Crippen LogP contribution in [0.1, 0.15) is 0 Å². The van der Waals surface area contributed by atoms with Gasteiger partial charge in [-0.2, -0.15) is 0 Å². The first-order valence-electron chi connectivity index (χ1n) is 10.5. The number of aromatic nitrogens is 2. The first-order chi connectivity index (χ1) is 16.1. The lowest BCUT2D eigenvalue weighted by atomic mass is 10.1. The highest BCUT2D eigenvalue weighted by molar-refractivity contribution is 6.30. The Labute approximate surface area is 197 Å². The number of nitrogens with zero attached hydrogens (tertiary/aromatic N) is 4. The highest BCUT2D eigenvalue weighted by Gasteiger charge is 2.22. The van der Waals surface area contributed by atoms with Crippen molar-refractivity contribution in [3.05, 3.63) is 59.6 Å². The van der Waals surface area contributed by atoms with E-state index in [0.717, 1.165) is 17.1 Å². The molecule has 1 amide bonds. The minimum absolute atomic E-state index is 0.00145. The van der Waals surface area contributed by atoms with Crippen molar-refractivity contribution in [2.24, 2.45) is 0 Å². The van der Waals surface area contributed by atoms with Crippen LogP contribution in [0.2, 0.25) is 5.02 Å². The molecule has 2 heterocycles. The molecule has 0 saturated carbocycles. The maximum Gasteiger partial charge on any atom is 0.260 e. The molecule has 33 heavy (non-hydrogen) atoms. The largest absolute Gasteiger partial charge is 0.493 e. The normalized spacial score (nSPS) is 13.5. The fraction of sp³-hybridized carbons (Fsp3) is 0.292. The van der Waals surface area contributed by atoms with Crippen LogP contribution in [0, 0.1) is 0 Å². The summed E-state index contributed by atoms with van der Waals surface area (Å²) < 4.78 is 16.2. The van der Waals surface area contributed by atoms with Crippen LogP contribution in [0.15, 0.2) is 54.6 Å². The Morgan fingerprint density at radius 3 is 2.27 bits per heavy atom. The highest BCUT2D eigenvalue weighted by Crippen LogP contribution is 2.31. The number of hydrogen-bond donors (Lipinski definition) is 0. The number of piperazine rings is 1. The number of anilines is 1. The highest BCUT2D eigenvalue weighted by atomic mass is 35.5. The predicted molar refractivity (Wildman–Crippen MR) is 126 cm³/mol. The topological polar surface area (TPSA) is 77.0 Å². The Morgan fingerprint density at radius 1 is 0.909 bits per heavy atom. The summed E-state index contributed by atoms with van der Waals surface area (Å²) >= 11 is 5.87. The predicted octanol–water partition coefficient (Wildman–Crippen LogP) is 3.54. The molecular weight excluding hydrogens is 444 g/mol. The summed E-state index contributed by atoms with van der Waals surface area (Å²) in [5.74, 6) is 2.66. The van der Waals surface area contributed by atoms with E-state index in [4.69, 9.17) is 25.8 Å². The van der Waals surface area contributed by atoms with E-state index < -0.39 is 0 Å². The Balaban J connectivity index is 1.31. The number of rotatable bonds is 7. The van der Waals surface area contributed by atoms with Gasteiger partial charge >= 0.3 is 0 Å². The first-order valence-corrected chi connectivity index (χ1v) is 10.9. The minimum Gasteiger partial charge on any atom is -0.493 e. The van der Waals surface area contributed by atoms with E-state index in [9.17, 15) is 4.79 Å². The van der Waals surface area contributed by atoms with Crippen LogP contribution in [0.4, 0.5) is 5.82 Å². The Morgan fingerprint density at radius 2 is 1.64 bits per heavy atom. The van der Waals surface area contributed by atoms with Gasteiger partial charge in [-0.25, -0.2) is 0 Å². The average molecular weight is 469 g/mol. The molecule has 1 aliphatic heterocycles. The number of carbonyl (C=O) groups is 1. The molecule has 3 aromatic rings. The second-order valence-electron chi connectivity index (χ2n) is 7.46. The van der Waals surface area contributed by atoms with Crippen molar-refractivity contribution in [1.29, 1.82) is 0 Å². The van der Waals surface area contributed by atoms with Crippen LogP contribution < -0.4 is 19.1 Å². The van der Waals surface area contributed by atoms with E-state index in [2.05, 4.69) is 15.1 Å². The van der Waals surface area contributed by atoms with E-state index >= 15 is 0 Å². The quantitative estimate of drug-likeness (QED) is 0.524. The summed E-state index contributed by atoms with van der Waals surface area (Å²) in [6, 6.07) is 16.5. The lowest BCUT2D eigenvalue weighted by Gasteiger charge is -2.35. The molecule has 4 rings (SSSR count). The molecule has 1 aliphatic rings. The van der Waals surface area contributed by atoms with E-state index in [1.54, 1.807) is 43.4 Å². The zero-order valence-corrected chi connectivity index (χ0v) is 19.3. The second kappa shape index (κ2) is 10.4. The van der Waals surface area contributed by atoms with Crippen molar-refractivity contribution in [2.75, 3.05) is 51.9 Å². The molecule has 2 aromatic carbocycles. The third kappa shape index (κ3) is 5.46. The molecule has 1 fully saturated rings. The van der Waals surface area contributed by atoms with Crippen LogP contribution in [0.3, 0.4) is 0 Å². The SMILES string of the molecule is COc1ccc(-c2ccc(N3CCN(C(=O)COc4ccc(Cl)cc4)CC3)nn2)cc1OC. The molecule has 0 unspecified atom stereocenters. The Kier molecular flexibility index (Phi) is 7.14. The third-order valence-corrected chi connectivity index (χ3v) is 5.71. The average Bonchev–Trinajstić information content (AvgIpc) is 2.88. The lowest BCUT2D eigenvalue weighted by Crippen LogP contribution is -2.50. The van der Waals surface area contributed by atoms with E-state index in [-0.39, 0.29) is 12.5 Å². The van der Waals surface area contributed by atoms with Gasteiger partial charge in [-0.15, -0.1) is 10.2 Å². The van der Waals surface area contributed by atoms with Crippen LogP contribution in [-0.2, 0) is 4.79 Å². The molecule has 0 spiro atoms. The summed E-state index contributed by atoms with van der Waals surface area (Å²) in [5, 5.41) is 9.40. The van der Waals surface area contributed by atoms with Crippen molar-refractivity contribution in [1.82, 2.24) is 15.1 Å². The number of carbonyl (C=O) groups excluding carboxylic acids is 1. The number of halogens is 1. The van der Waals surface area contributed by atoms with Crippen LogP contribution in [0.25, 0.3) is 11.3 Å². The van der Waals surface area contributed by atoms with Crippen LogP contribution >= 0.6 is 11.6 Å². The zero-order valence-electron chi connectivity index (χ0n) is 18.5. The molecule has 9 heteroatoms. The number of amides is 1. The number of ether oxygens (including phenoxy) is 3. The van der Waals surface area contributed by atoms with Gasteiger partial charge < -0.3 is 24.0 Å². The molecular formula is C24H25ClN4O4. The van der Waals surface area contributed by atoms with Crippen molar-refractivity contribution >= 4 is 23.3 Å². The van der Waals surface area contributed by atoms with Gasteiger partial charge in [0.2, 0.25) is 0 Å². The third-order valence-electron chi connectivity index (χ3n) is 5.46. The molecule has 0 radical (unpaired) electrons. The van der Waals surface area contributed by atoms with Crippen molar-refractivity contribution < 1.29 is 19.0 Å². The maximum absolute atomic E-state index is 12.5. The summed E-state index contributed by atoms with van der Waals surface area (Å²) in [6.07, 6.45) is 0. The summed E-state index contributed by atoms with van der Waals surface area (Å²) in [4.78, 5) is 16.4. The number of methoxy groups -OCH3 is 2. The number of hydrogen-bond acceptors (Lipinski definition) is 7. The fourth-order valence-electron chi connectivity index (χ4n) is 3.60. The molecule has 0 aliphatic carbocycles. The summed E-state index contributed by atoms with van der Waals surface area (Å²) in [7, 11) is 3.21. The molecule has 172 valence electrons. The molecule has 0 atom stereocenters. The van der Waals surface area contributed by atoms with Gasteiger partial charge in [-0.05, 0) is 54.6 Å². The van der Waals surface area contributed by atoms with Gasteiger partial charge in [0.1, 0.15) is 5.75 Å². The van der Waals surface area contributed by atoms with Gasteiger partial charge in [0, 0.05) is 36.8 Å². The summed E-state index contributed by atoms with van der Waals surface area (Å²) in [5.41, 5.74) is 1.63. The molecule has 0 N–H and O–H groups in total. The lowest BCUT2D eigenvalue weighted by molar-refractivity contribution is -0.133. The minimum atomic E-state index is -0.0421. The van der Waals surface area contributed by atoms with Gasteiger partial charge in [-0.3, -0.25) is 4.79 Å². The van der Waals surface area contributed by atoms with E-state index in [1.807, 2.05) is 30.3 Å². The Hall–Kier alpha value is -3.52. The molecule has 1 saturated heterocycles. The van der Waals surface area contributed by atoms with Crippen molar-refractivity contribution in [2.45, 2.75) is 0 Å². The molecule has 0 bridgehead atoms. The second-order valence-corrected chi connectivity index (χ2v) is 7.89. The van der Waals surface area contributed by atoms with Crippen LogP contribution in [0.5, 0.6) is 17.2 Å². The standard InChI is InChI=1S/C24H25ClN4O4/c1-31-21-9-3-17(15-22(21)32-2)20-8-10-23(27-26-20)28-11-13-29(14-12-28)24(30)16-33-19-6-4-18(25)5-7-19/h3-10,15H,11-14,16H2,1-2H3. The first kappa shape index (κ1) is 22.7. The molecule has 8 nitrogen and oxygen atoms in total. The summed E-state index contributed by atoms with van der Waals surface area (Å²) in [6.45, 7) is 2.56. The monoisotopic (exact) mass is 468 g/mol. The van der Waals surface area contributed by atoms with Crippen LogP contribution in [-0.4, -0.2) is 68.0 Å². The van der Waals surface area contributed by atoms with Gasteiger partial charge in [0.05, 0.1) is 19.9 Å². The number of benzene rings is 2. The maximum atomic E-state index is 12.5. The van der Waals surface area contributed by atoms with Gasteiger partial charge in [0.25, 0.3) is 5.91 Å². The molecule has 1 aromatic heterocycles. The van der Waals surface area contributed by atoms with Crippen molar-refractivity contribution in [3.8, 4) is 28.5 Å².